The van der Waals surface area contributed by atoms with E-state index in [2.05, 4.69) is 5.32 Å². The number of phenolic OH excluding ortho intramolecular Hbond substituents is 1. The second-order valence-corrected chi connectivity index (χ2v) is 8.95. The van der Waals surface area contributed by atoms with Crippen LogP contribution >= 0.6 is 0 Å². The number of rotatable bonds is 6. The molecule has 1 amide bonds. The molecule has 1 aliphatic rings. The van der Waals surface area contributed by atoms with Gasteiger partial charge in [-0.2, -0.15) is 0 Å². The molecule has 7 nitrogen and oxygen atoms in total. The molecule has 3 N–H and O–H groups in total. The number of carbonyl (C=O) groups excluding carboxylic acids is 2. The van der Waals surface area contributed by atoms with E-state index in [-0.39, 0.29) is 17.1 Å². The highest BCUT2D eigenvalue weighted by Crippen LogP contribution is 2.43. The van der Waals surface area contributed by atoms with E-state index >= 15 is 0 Å². The predicted octanol–water partition coefficient (Wildman–Crippen LogP) is 6.66. The maximum absolute atomic E-state index is 13.7. The Morgan fingerprint density at radius 1 is 0.789 bits per heavy atom. The molecule has 2 heterocycles. The Hall–Kier alpha value is -5.30. The zero-order valence-electron chi connectivity index (χ0n) is 20.0. The fourth-order valence-corrected chi connectivity index (χ4v) is 4.70. The van der Waals surface area contributed by atoms with E-state index in [1.165, 1.54) is 17.0 Å². The van der Waals surface area contributed by atoms with Crippen LogP contribution in [0.4, 0.5) is 17.1 Å². The summed E-state index contributed by atoms with van der Waals surface area (Å²) in [5.74, 6) is -1.87. The molecule has 0 bridgehead atoms. The Bertz CT molecular complexity index is 1650. The van der Waals surface area contributed by atoms with E-state index in [0.717, 1.165) is 16.8 Å². The Morgan fingerprint density at radius 2 is 1.45 bits per heavy atom. The number of carbonyl (C=O) groups is 2. The van der Waals surface area contributed by atoms with Crippen LogP contribution in [0, 0.1) is 0 Å². The van der Waals surface area contributed by atoms with Gasteiger partial charge in [-0.25, -0.2) is 0 Å². The lowest BCUT2D eigenvalue weighted by Gasteiger charge is -2.27. The van der Waals surface area contributed by atoms with Gasteiger partial charge in [-0.1, -0.05) is 48.5 Å². The molecule has 0 saturated heterocycles. The van der Waals surface area contributed by atoms with Crippen molar-refractivity contribution in [1.29, 1.82) is 0 Å². The summed E-state index contributed by atoms with van der Waals surface area (Å²) >= 11 is 0. The highest BCUT2D eigenvalue weighted by molar-refractivity contribution is 6.20. The summed E-state index contributed by atoms with van der Waals surface area (Å²) in [6.07, 6.45) is 0. The van der Waals surface area contributed by atoms with Gasteiger partial charge in [-0.15, -0.1) is 0 Å². The fourth-order valence-electron chi connectivity index (χ4n) is 4.70. The molecule has 4 aromatic carbocycles. The molecule has 0 saturated carbocycles. The molecule has 0 spiro atoms. The van der Waals surface area contributed by atoms with Crippen molar-refractivity contribution in [2.24, 2.45) is 0 Å². The van der Waals surface area contributed by atoms with Gasteiger partial charge in [0.15, 0.2) is 11.5 Å². The minimum atomic E-state index is -0.934. The summed E-state index contributed by atoms with van der Waals surface area (Å²) in [6.45, 7) is 0. The van der Waals surface area contributed by atoms with Crippen molar-refractivity contribution in [2.75, 3.05) is 10.2 Å². The number of nitrogens with one attached hydrogen (secondary N) is 1. The first-order valence-corrected chi connectivity index (χ1v) is 12.0. The number of amides is 1. The van der Waals surface area contributed by atoms with E-state index in [1.54, 1.807) is 42.5 Å². The highest BCUT2D eigenvalue weighted by atomic mass is 16.3. The maximum Gasteiger partial charge on any atom is 0.294 e. The van der Waals surface area contributed by atoms with E-state index < -0.39 is 23.5 Å². The number of anilines is 3. The van der Waals surface area contributed by atoms with Crippen LogP contribution in [0.25, 0.3) is 11.0 Å². The van der Waals surface area contributed by atoms with Crippen molar-refractivity contribution in [3.05, 3.63) is 132 Å². The van der Waals surface area contributed by atoms with E-state index in [4.69, 9.17) is 4.42 Å². The van der Waals surface area contributed by atoms with E-state index in [1.807, 2.05) is 54.6 Å². The molecule has 5 aromatic rings. The lowest BCUT2D eigenvalue weighted by molar-refractivity contribution is -0.117. The number of nitrogens with zero attached hydrogens (tertiary/aromatic N) is 1. The van der Waals surface area contributed by atoms with Gasteiger partial charge in [0.05, 0.1) is 11.6 Å². The Labute approximate surface area is 217 Å². The Kier molecular flexibility index (Phi) is 5.65. The summed E-state index contributed by atoms with van der Waals surface area (Å²) in [5.41, 5.74) is 3.20. The Balaban J connectivity index is 1.40. The highest BCUT2D eigenvalue weighted by Gasteiger charge is 2.45. The normalized spacial score (nSPS) is 15.3. The molecule has 186 valence electrons. The van der Waals surface area contributed by atoms with Crippen LogP contribution < -0.4 is 10.2 Å². The number of aliphatic hydroxyl groups is 1. The third kappa shape index (κ3) is 4.06. The first-order valence-electron chi connectivity index (χ1n) is 12.0. The molecular formula is C31H22N2O5. The van der Waals surface area contributed by atoms with Gasteiger partial charge in [0, 0.05) is 22.4 Å². The molecule has 0 radical (unpaired) electrons. The van der Waals surface area contributed by atoms with Crippen molar-refractivity contribution in [2.45, 2.75) is 6.04 Å². The standard InChI is InChI=1S/C31H22N2O5/c34-24-16-10-19(11-17-24)28-27(29(35)26-18-20-6-4-5-9-25(20)38-26)30(36)31(37)33(28)23-14-12-22(13-15-23)32-21-7-2-1-3-8-21/h1-18,28,32,34,36H. The number of Topliss-reactive ketones (excluding diaryl/α,β-unsaturated/α-hetero) is 1. The number of para-hydroxylation sites is 2. The van der Waals surface area contributed by atoms with Gasteiger partial charge < -0.3 is 19.9 Å². The zero-order valence-corrected chi connectivity index (χ0v) is 20.0. The fraction of sp³-hybridized carbons (Fsp3) is 0.0323. The first-order chi connectivity index (χ1) is 18.5. The van der Waals surface area contributed by atoms with Crippen molar-refractivity contribution < 1.29 is 24.2 Å². The number of benzene rings is 4. The molecule has 1 aromatic heterocycles. The van der Waals surface area contributed by atoms with Crippen LogP contribution in [-0.4, -0.2) is 21.9 Å². The minimum Gasteiger partial charge on any atom is -0.508 e. The summed E-state index contributed by atoms with van der Waals surface area (Å²) in [5, 5.41) is 24.9. The van der Waals surface area contributed by atoms with Crippen LogP contribution in [0.5, 0.6) is 5.75 Å². The van der Waals surface area contributed by atoms with E-state index in [0.29, 0.717) is 16.8 Å². The molecule has 38 heavy (non-hydrogen) atoms. The number of aliphatic hydroxyl groups excluding tert-OH is 1. The largest absolute Gasteiger partial charge is 0.508 e. The number of fused-ring (bicyclic) bond motifs is 1. The van der Waals surface area contributed by atoms with Gasteiger partial charge in [0.1, 0.15) is 11.3 Å². The van der Waals surface area contributed by atoms with Crippen LogP contribution in [-0.2, 0) is 4.79 Å². The second kappa shape index (κ2) is 9.29. The molecular weight excluding hydrogens is 480 g/mol. The van der Waals surface area contributed by atoms with Gasteiger partial charge in [-0.3, -0.25) is 14.5 Å². The SMILES string of the molecule is O=C(C1=C(O)C(=O)N(c2ccc(Nc3ccccc3)cc2)C1c1ccc(O)cc1)c1cc2ccccc2o1. The monoisotopic (exact) mass is 502 g/mol. The van der Waals surface area contributed by atoms with Crippen molar-refractivity contribution >= 4 is 39.7 Å². The average molecular weight is 503 g/mol. The summed E-state index contributed by atoms with van der Waals surface area (Å²) < 4.78 is 5.77. The Morgan fingerprint density at radius 3 is 2.16 bits per heavy atom. The molecule has 1 unspecified atom stereocenters. The third-order valence-electron chi connectivity index (χ3n) is 6.52. The summed E-state index contributed by atoms with van der Waals surface area (Å²) in [6, 6.07) is 30.9. The molecule has 7 heteroatoms. The van der Waals surface area contributed by atoms with Gasteiger partial charge >= 0.3 is 0 Å². The summed E-state index contributed by atoms with van der Waals surface area (Å²) in [4.78, 5) is 28.5. The van der Waals surface area contributed by atoms with E-state index in [9.17, 15) is 19.8 Å². The zero-order chi connectivity index (χ0) is 26.2. The number of hydrogen-bond donors (Lipinski definition) is 3. The number of phenols is 1. The molecule has 1 atom stereocenters. The quantitative estimate of drug-likeness (QED) is 0.224. The average Bonchev–Trinajstić information content (AvgIpc) is 3.49. The van der Waals surface area contributed by atoms with Crippen molar-refractivity contribution in [1.82, 2.24) is 0 Å². The molecule has 0 fully saturated rings. The lowest BCUT2D eigenvalue weighted by atomic mass is 9.94. The van der Waals surface area contributed by atoms with Gasteiger partial charge in [0.2, 0.25) is 5.78 Å². The van der Waals surface area contributed by atoms with Crippen LogP contribution in [0.2, 0.25) is 0 Å². The number of hydrogen-bond acceptors (Lipinski definition) is 6. The minimum absolute atomic E-state index is 0.0218. The number of aromatic hydroxyl groups is 1. The first kappa shape index (κ1) is 23.1. The van der Waals surface area contributed by atoms with Crippen LogP contribution in [0.15, 0.2) is 125 Å². The smallest absolute Gasteiger partial charge is 0.294 e. The van der Waals surface area contributed by atoms with Gasteiger partial charge in [-0.05, 0) is 66.2 Å². The topological polar surface area (TPSA) is 103 Å². The number of furan rings is 1. The lowest BCUT2D eigenvalue weighted by Crippen LogP contribution is -2.31. The van der Waals surface area contributed by atoms with Crippen LogP contribution in [0.3, 0.4) is 0 Å². The van der Waals surface area contributed by atoms with Gasteiger partial charge in [0.25, 0.3) is 5.91 Å². The van der Waals surface area contributed by atoms with Crippen molar-refractivity contribution in [3.63, 3.8) is 0 Å². The molecule has 0 aliphatic carbocycles. The molecule has 1 aliphatic heterocycles. The second-order valence-electron chi connectivity index (χ2n) is 8.95. The van der Waals surface area contributed by atoms with Crippen molar-refractivity contribution in [3.8, 4) is 5.75 Å². The maximum atomic E-state index is 13.7. The third-order valence-corrected chi connectivity index (χ3v) is 6.52. The predicted molar refractivity (Wildman–Crippen MR) is 145 cm³/mol. The van der Waals surface area contributed by atoms with Crippen LogP contribution in [0.1, 0.15) is 22.2 Å². The summed E-state index contributed by atoms with van der Waals surface area (Å²) in [7, 11) is 0. The number of ketones is 1. The molecule has 6 rings (SSSR count).